The maximum absolute atomic E-state index is 8.77. The first kappa shape index (κ1) is 17.2. The van der Waals surface area contributed by atoms with E-state index in [1.807, 2.05) is 0 Å². The molecule has 0 aliphatic heterocycles. The van der Waals surface area contributed by atoms with Gasteiger partial charge in [-0.15, -0.1) is 0 Å². The summed E-state index contributed by atoms with van der Waals surface area (Å²) in [7, 11) is 3.61. The Morgan fingerprint density at radius 1 is 1.18 bits per heavy atom. The average molecular weight is 188 g/mol. The zero-order valence-corrected chi connectivity index (χ0v) is 8.21. The highest BCUT2D eigenvalue weighted by Gasteiger charge is 1.88. The lowest BCUT2D eigenvalue weighted by atomic mass is 10.8. The lowest BCUT2D eigenvalue weighted by molar-refractivity contribution is -0.849. The molecule has 0 amide bonds. The number of hydrogen-bond acceptors (Lipinski definition) is 3. The molecule has 0 aromatic carbocycles. The maximum Gasteiger partial charge on any atom is 0.262 e. The van der Waals surface area contributed by atoms with E-state index in [1.165, 1.54) is 0 Å². The fourth-order valence-corrected chi connectivity index (χ4v) is 0. The van der Waals surface area contributed by atoms with Gasteiger partial charge >= 0.3 is 0 Å². The van der Waals surface area contributed by atoms with Gasteiger partial charge < -0.3 is 25.3 Å². The summed E-state index contributed by atoms with van der Waals surface area (Å²) in [5, 5.41) is 0. The smallest absolute Gasteiger partial charge is 0.262 e. The highest BCUT2D eigenvalue weighted by molar-refractivity contribution is 7.43. The minimum Gasteiger partial charge on any atom is -0.756 e. The molecule has 5 N–H and O–H groups in total. The van der Waals surface area contributed by atoms with Crippen LogP contribution in [0.5, 0.6) is 0 Å². The first-order chi connectivity index (χ1) is 4.00. The molecule has 0 atom stereocenters. The molecule has 0 saturated heterocycles. The Kier molecular flexibility index (Phi) is 8.84. The van der Waals surface area contributed by atoms with E-state index in [1.54, 1.807) is 0 Å². The topological polar surface area (TPSA) is 116 Å². The van der Waals surface area contributed by atoms with E-state index >= 15 is 0 Å². The molecular formula is C4H17N2O4P. The molecule has 6 nitrogen and oxygen atoms in total. The number of nitrogens with zero attached hydrogens (tertiary/aromatic N) is 1. The predicted octanol–water partition coefficient (Wildman–Crippen LogP) is -1.08. The van der Waals surface area contributed by atoms with Crippen LogP contribution in [0.3, 0.4) is 0 Å². The summed E-state index contributed by atoms with van der Waals surface area (Å²) < 4.78 is 9.77. The van der Waals surface area contributed by atoms with Crippen LogP contribution in [0.25, 0.3) is 0 Å². The van der Waals surface area contributed by atoms with Gasteiger partial charge in [0.2, 0.25) is 0 Å². The monoisotopic (exact) mass is 188 g/mol. The zero-order chi connectivity index (χ0) is 9.00. The molecule has 0 rings (SSSR count). The molecule has 0 radical (unpaired) electrons. The van der Waals surface area contributed by atoms with Crippen LogP contribution in [0.2, 0.25) is 0 Å². The van der Waals surface area contributed by atoms with Gasteiger partial charge in [0.25, 0.3) is 7.82 Å². The lowest BCUT2D eigenvalue weighted by Gasteiger charge is -2.14. The van der Waals surface area contributed by atoms with Crippen molar-refractivity contribution in [2.45, 2.75) is 0 Å². The molecule has 0 aromatic heterocycles. The second-order valence-corrected chi connectivity index (χ2v) is 4.16. The van der Waals surface area contributed by atoms with Crippen LogP contribution in [0.15, 0.2) is 0 Å². The summed E-state index contributed by atoms with van der Waals surface area (Å²) in [5.74, 6) is 0. The van der Waals surface area contributed by atoms with E-state index in [0.717, 1.165) is 4.48 Å². The predicted molar refractivity (Wildman–Crippen MR) is 41.0 cm³/mol. The highest BCUT2D eigenvalue weighted by Crippen LogP contribution is 2.18. The van der Waals surface area contributed by atoms with Crippen molar-refractivity contribution >= 4 is 7.82 Å². The fraction of sp³-hybridized carbons (Fsp3) is 1.00. The Balaban J connectivity index is -0.000000107. The lowest BCUT2D eigenvalue weighted by Crippen LogP contribution is -2.27. The summed E-state index contributed by atoms with van der Waals surface area (Å²) in [6.07, 6.45) is 0. The third-order valence-electron chi connectivity index (χ3n) is 0. The van der Waals surface area contributed by atoms with Gasteiger partial charge in [-0.2, -0.15) is 0 Å². The van der Waals surface area contributed by atoms with Crippen LogP contribution in [0.4, 0.5) is 0 Å². The van der Waals surface area contributed by atoms with Gasteiger partial charge in [-0.25, -0.2) is 0 Å². The largest absolute Gasteiger partial charge is 0.756 e. The zero-order valence-electron chi connectivity index (χ0n) is 7.31. The third kappa shape index (κ3) is 719000. The van der Waals surface area contributed by atoms with Gasteiger partial charge in [0, 0.05) is 0 Å². The normalized spacial score (nSPS) is 10.8. The first-order valence-electron chi connectivity index (χ1n) is 2.55. The molecule has 11 heavy (non-hydrogen) atoms. The van der Waals surface area contributed by atoms with E-state index < -0.39 is 7.82 Å². The molecular weight excluding hydrogens is 171 g/mol. The SMILES string of the molecule is C[N+](C)(C)C.N.O=P([O-])(O)O. The number of quaternary nitrogens is 1. The third-order valence-corrected chi connectivity index (χ3v) is 0. The number of phosphoric acid groups is 1. The summed E-state index contributed by atoms with van der Waals surface area (Å²) >= 11 is 0. The van der Waals surface area contributed by atoms with Crippen molar-refractivity contribution in [3.05, 3.63) is 0 Å². The Morgan fingerprint density at radius 2 is 1.18 bits per heavy atom. The van der Waals surface area contributed by atoms with E-state index in [9.17, 15) is 0 Å². The molecule has 0 aliphatic rings. The highest BCUT2D eigenvalue weighted by atomic mass is 31.2. The van der Waals surface area contributed by atoms with Crippen LogP contribution in [0, 0.1) is 0 Å². The summed E-state index contributed by atoms with van der Waals surface area (Å²) in [4.78, 5) is 22.9. The minimum atomic E-state index is -4.89. The van der Waals surface area contributed by atoms with Crippen molar-refractivity contribution in [3.8, 4) is 0 Å². The van der Waals surface area contributed by atoms with Crippen molar-refractivity contribution < 1.29 is 23.7 Å². The van der Waals surface area contributed by atoms with Gasteiger partial charge in [0.15, 0.2) is 0 Å². The van der Waals surface area contributed by atoms with Crippen molar-refractivity contribution in [2.75, 3.05) is 28.2 Å². The van der Waals surface area contributed by atoms with E-state index in [4.69, 9.17) is 19.2 Å². The van der Waals surface area contributed by atoms with Crippen molar-refractivity contribution in [2.24, 2.45) is 0 Å². The molecule has 0 aliphatic carbocycles. The van der Waals surface area contributed by atoms with E-state index in [2.05, 4.69) is 28.2 Å². The fourth-order valence-electron chi connectivity index (χ4n) is 0. The van der Waals surface area contributed by atoms with Crippen LogP contribution >= 0.6 is 7.82 Å². The summed E-state index contributed by atoms with van der Waals surface area (Å²) in [6.45, 7) is 0. The Bertz CT molecular complexity index is 112. The van der Waals surface area contributed by atoms with Gasteiger partial charge in [-0.1, -0.05) is 0 Å². The quantitative estimate of drug-likeness (QED) is 0.330. The Morgan fingerprint density at radius 3 is 1.18 bits per heavy atom. The van der Waals surface area contributed by atoms with Gasteiger partial charge in [-0.3, -0.25) is 4.57 Å². The Labute approximate surface area is 66.9 Å². The number of rotatable bonds is 0. The van der Waals surface area contributed by atoms with E-state index in [0.29, 0.717) is 0 Å². The molecule has 0 bridgehead atoms. The molecule has 7 heteroatoms. The maximum atomic E-state index is 8.77. The van der Waals surface area contributed by atoms with Crippen LogP contribution in [0.1, 0.15) is 0 Å². The molecule has 0 fully saturated rings. The van der Waals surface area contributed by atoms with E-state index in [-0.39, 0.29) is 6.15 Å². The number of hydrogen-bond donors (Lipinski definition) is 3. The molecule has 0 unspecified atom stereocenters. The molecule has 0 aromatic rings. The van der Waals surface area contributed by atoms with Gasteiger partial charge in [-0.05, 0) is 0 Å². The van der Waals surface area contributed by atoms with Crippen LogP contribution < -0.4 is 11.0 Å². The molecule has 0 heterocycles. The second-order valence-electron chi connectivity index (χ2n) is 3.17. The minimum absolute atomic E-state index is 0. The standard InChI is InChI=1S/C4H12N.H3N.H3O4P/c1-5(2,3)4;;1-5(2,3)4/h1-4H3;1H3;(H3,1,2,3,4)/q+1;;/p-1. The molecule has 72 valence electrons. The average Bonchev–Trinajstić information content (AvgIpc) is 1.12. The Hall–Kier alpha value is 0.0300. The summed E-state index contributed by atoms with van der Waals surface area (Å²) in [6, 6.07) is 0. The first-order valence-corrected chi connectivity index (χ1v) is 4.08. The van der Waals surface area contributed by atoms with Crippen LogP contribution in [-0.4, -0.2) is 42.5 Å². The van der Waals surface area contributed by atoms with Crippen molar-refractivity contribution in [3.63, 3.8) is 0 Å². The van der Waals surface area contributed by atoms with Crippen molar-refractivity contribution in [1.29, 1.82) is 0 Å². The second kappa shape index (κ2) is 5.65. The molecule has 0 saturated carbocycles. The summed E-state index contributed by atoms with van der Waals surface area (Å²) in [5.41, 5.74) is 0. The van der Waals surface area contributed by atoms with Gasteiger partial charge in [0.1, 0.15) is 0 Å². The van der Waals surface area contributed by atoms with Crippen LogP contribution in [-0.2, 0) is 4.57 Å². The molecule has 0 spiro atoms. The van der Waals surface area contributed by atoms with Gasteiger partial charge in [0.05, 0.1) is 28.2 Å². The van der Waals surface area contributed by atoms with Crippen molar-refractivity contribution in [1.82, 2.24) is 6.15 Å².